The summed E-state index contributed by atoms with van der Waals surface area (Å²) in [4.78, 5) is 0. The zero-order valence-corrected chi connectivity index (χ0v) is 12.8. The van der Waals surface area contributed by atoms with Crippen LogP contribution in [0.2, 0.25) is 0 Å². The third kappa shape index (κ3) is 3.33. The number of nitrogens with one attached hydrogen (secondary N) is 1. The van der Waals surface area contributed by atoms with Gasteiger partial charge < -0.3 is 10.1 Å². The van der Waals surface area contributed by atoms with Crippen LogP contribution in [0.1, 0.15) is 31.2 Å². The van der Waals surface area contributed by atoms with Gasteiger partial charge in [0, 0.05) is 6.54 Å². The van der Waals surface area contributed by atoms with E-state index in [1.54, 1.807) is 0 Å². The summed E-state index contributed by atoms with van der Waals surface area (Å²) >= 11 is 3.59. The molecule has 2 heterocycles. The molecule has 4 nitrogen and oxygen atoms in total. The lowest BCUT2D eigenvalue weighted by Crippen LogP contribution is -2.30. The summed E-state index contributed by atoms with van der Waals surface area (Å²) in [7, 11) is 0. The molecular weight excluding hydrogens is 294 g/mol. The van der Waals surface area contributed by atoms with Gasteiger partial charge in [-0.05, 0) is 61.6 Å². The van der Waals surface area contributed by atoms with Crippen LogP contribution >= 0.6 is 15.9 Å². The second kappa shape index (κ2) is 6.68. The molecule has 18 heavy (non-hydrogen) atoms. The first kappa shape index (κ1) is 14.0. The minimum Gasteiger partial charge on any atom is -0.375 e. The number of aryl methyl sites for hydroxylation is 2. The summed E-state index contributed by atoms with van der Waals surface area (Å²) in [6.07, 6.45) is 2.46. The van der Waals surface area contributed by atoms with Crippen molar-refractivity contribution in [2.24, 2.45) is 5.92 Å². The molecule has 0 radical (unpaired) electrons. The molecule has 0 amide bonds. The topological polar surface area (TPSA) is 39.1 Å². The van der Waals surface area contributed by atoms with E-state index in [1.807, 2.05) is 11.6 Å². The molecule has 0 aliphatic carbocycles. The van der Waals surface area contributed by atoms with Crippen molar-refractivity contribution in [2.75, 3.05) is 19.7 Å². The molecule has 0 aromatic carbocycles. The number of aromatic nitrogens is 2. The van der Waals surface area contributed by atoms with Gasteiger partial charge in [0.25, 0.3) is 0 Å². The second-order valence-electron chi connectivity index (χ2n) is 4.87. The molecule has 0 unspecified atom stereocenters. The minimum absolute atomic E-state index is 0.652. The maximum atomic E-state index is 5.88. The number of rotatable bonds is 5. The van der Waals surface area contributed by atoms with E-state index in [0.717, 1.165) is 42.1 Å². The van der Waals surface area contributed by atoms with Crippen molar-refractivity contribution >= 4 is 15.9 Å². The van der Waals surface area contributed by atoms with E-state index in [2.05, 4.69) is 33.3 Å². The van der Waals surface area contributed by atoms with Crippen LogP contribution < -0.4 is 5.32 Å². The summed E-state index contributed by atoms with van der Waals surface area (Å²) in [5.41, 5.74) is 2.20. The van der Waals surface area contributed by atoms with Gasteiger partial charge in [0.1, 0.15) is 0 Å². The SMILES string of the molecule is CCn1nc(C)c(Br)c1COCC1CCNCC1. The lowest BCUT2D eigenvalue weighted by molar-refractivity contribution is 0.0718. The van der Waals surface area contributed by atoms with Crippen LogP contribution in [-0.4, -0.2) is 29.5 Å². The van der Waals surface area contributed by atoms with Gasteiger partial charge >= 0.3 is 0 Å². The Bertz CT molecular complexity index is 386. The lowest BCUT2D eigenvalue weighted by Gasteiger charge is -2.22. The molecule has 1 fully saturated rings. The number of piperidine rings is 1. The lowest BCUT2D eigenvalue weighted by atomic mass is 9.99. The van der Waals surface area contributed by atoms with Crippen molar-refractivity contribution in [1.29, 1.82) is 0 Å². The molecule has 1 aliphatic heterocycles. The molecule has 102 valence electrons. The number of ether oxygens (including phenoxy) is 1. The van der Waals surface area contributed by atoms with Crippen molar-refractivity contribution < 1.29 is 4.74 Å². The van der Waals surface area contributed by atoms with Crippen molar-refractivity contribution in [3.63, 3.8) is 0 Å². The first-order valence-corrected chi connectivity index (χ1v) is 7.52. The van der Waals surface area contributed by atoms with Crippen molar-refractivity contribution in [3.05, 3.63) is 15.9 Å². The summed E-state index contributed by atoms with van der Waals surface area (Å²) in [5.74, 6) is 0.712. The van der Waals surface area contributed by atoms with Gasteiger partial charge in [-0.3, -0.25) is 4.68 Å². The Balaban J connectivity index is 1.85. The highest BCUT2D eigenvalue weighted by molar-refractivity contribution is 9.10. The third-order valence-electron chi connectivity index (χ3n) is 3.50. The Morgan fingerprint density at radius 2 is 2.17 bits per heavy atom. The van der Waals surface area contributed by atoms with Crippen molar-refractivity contribution in [2.45, 2.75) is 39.8 Å². The fourth-order valence-corrected chi connectivity index (χ4v) is 2.78. The van der Waals surface area contributed by atoms with Crippen LogP contribution in [0.4, 0.5) is 0 Å². The van der Waals surface area contributed by atoms with Crippen LogP contribution in [0, 0.1) is 12.8 Å². The Morgan fingerprint density at radius 1 is 1.44 bits per heavy atom. The molecule has 0 atom stereocenters. The summed E-state index contributed by atoms with van der Waals surface area (Å²) < 4.78 is 8.99. The zero-order chi connectivity index (χ0) is 13.0. The summed E-state index contributed by atoms with van der Waals surface area (Å²) in [6.45, 7) is 8.79. The first-order chi connectivity index (χ1) is 8.72. The van der Waals surface area contributed by atoms with Crippen LogP contribution in [-0.2, 0) is 17.9 Å². The minimum atomic E-state index is 0.652. The van der Waals surface area contributed by atoms with Crippen LogP contribution in [0.25, 0.3) is 0 Å². The van der Waals surface area contributed by atoms with E-state index in [-0.39, 0.29) is 0 Å². The van der Waals surface area contributed by atoms with Gasteiger partial charge in [0.15, 0.2) is 0 Å². The maximum Gasteiger partial charge on any atom is 0.0896 e. The molecule has 1 N–H and O–H groups in total. The number of hydrogen-bond donors (Lipinski definition) is 1. The number of nitrogens with zero attached hydrogens (tertiary/aromatic N) is 2. The van der Waals surface area contributed by atoms with Crippen molar-refractivity contribution in [3.8, 4) is 0 Å². The van der Waals surface area contributed by atoms with E-state index < -0.39 is 0 Å². The third-order valence-corrected chi connectivity index (χ3v) is 4.54. The quantitative estimate of drug-likeness (QED) is 0.907. The molecular formula is C13H22BrN3O. The van der Waals surface area contributed by atoms with Crippen LogP contribution in [0.5, 0.6) is 0 Å². The smallest absolute Gasteiger partial charge is 0.0896 e. The number of halogens is 1. The highest BCUT2D eigenvalue weighted by Crippen LogP contribution is 2.22. The maximum absolute atomic E-state index is 5.88. The molecule has 2 rings (SSSR count). The van der Waals surface area contributed by atoms with Gasteiger partial charge in [0.05, 0.1) is 29.1 Å². The predicted octanol–water partition coefficient (Wildman–Crippen LogP) is 2.49. The highest BCUT2D eigenvalue weighted by Gasteiger charge is 2.15. The van der Waals surface area contributed by atoms with E-state index in [1.165, 1.54) is 12.8 Å². The van der Waals surface area contributed by atoms with E-state index in [4.69, 9.17) is 4.74 Å². The van der Waals surface area contributed by atoms with Crippen molar-refractivity contribution in [1.82, 2.24) is 15.1 Å². The fourth-order valence-electron chi connectivity index (χ4n) is 2.38. The van der Waals surface area contributed by atoms with E-state index in [0.29, 0.717) is 12.5 Å². The summed E-state index contributed by atoms with van der Waals surface area (Å²) in [5, 5.41) is 7.85. The Labute approximate surface area is 117 Å². The van der Waals surface area contributed by atoms with Crippen LogP contribution in [0.15, 0.2) is 4.47 Å². The van der Waals surface area contributed by atoms with Gasteiger partial charge in [-0.2, -0.15) is 5.10 Å². The zero-order valence-electron chi connectivity index (χ0n) is 11.2. The molecule has 0 bridgehead atoms. The second-order valence-corrected chi connectivity index (χ2v) is 5.66. The molecule has 1 aliphatic rings. The van der Waals surface area contributed by atoms with Gasteiger partial charge in [0.2, 0.25) is 0 Å². The average Bonchev–Trinajstić information content (AvgIpc) is 2.67. The first-order valence-electron chi connectivity index (χ1n) is 6.72. The largest absolute Gasteiger partial charge is 0.375 e. The Kier molecular flexibility index (Phi) is 5.21. The average molecular weight is 316 g/mol. The van der Waals surface area contributed by atoms with Gasteiger partial charge in [-0.25, -0.2) is 0 Å². The molecule has 1 aromatic heterocycles. The van der Waals surface area contributed by atoms with Gasteiger partial charge in [-0.15, -0.1) is 0 Å². The Hall–Kier alpha value is -0.390. The van der Waals surface area contributed by atoms with E-state index in [9.17, 15) is 0 Å². The fraction of sp³-hybridized carbons (Fsp3) is 0.769. The number of hydrogen-bond acceptors (Lipinski definition) is 3. The molecule has 0 spiro atoms. The summed E-state index contributed by atoms with van der Waals surface area (Å²) in [6, 6.07) is 0. The van der Waals surface area contributed by atoms with E-state index >= 15 is 0 Å². The predicted molar refractivity (Wildman–Crippen MR) is 75.6 cm³/mol. The molecule has 1 saturated heterocycles. The molecule has 0 saturated carbocycles. The Morgan fingerprint density at radius 3 is 2.83 bits per heavy atom. The standard InChI is InChI=1S/C13H22BrN3O/c1-3-17-12(13(14)10(2)16-17)9-18-8-11-4-6-15-7-5-11/h11,15H,3-9H2,1-2H3. The van der Waals surface area contributed by atoms with Gasteiger partial charge in [-0.1, -0.05) is 0 Å². The molecule has 5 heteroatoms. The highest BCUT2D eigenvalue weighted by atomic mass is 79.9. The normalized spacial score (nSPS) is 17.3. The van der Waals surface area contributed by atoms with Crippen LogP contribution in [0.3, 0.4) is 0 Å². The molecule has 1 aromatic rings. The monoisotopic (exact) mass is 315 g/mol.